The average Bonchev–Trinajstić information content (AvgIpc) is 2.64. The van der Waals surface area contributed by atoms with Crippen molar-refractivity contribution in [1.82, 2.24) is 0 Å². The highest BCUT2D eigenvalue weighted by Crippen LogP contribution is 2.31. The van der Waals surface area contributed by atoms with Crippen LogP contribution < -0.4 is 14.8 Å². The number of fused-ring (bicyclic) bond motifs is 1. The third-order valence-corrected chi connectivity index (χ3v) is 4.46. The Morgan fingerprint density at radius 3 is 2.62 bits per heavy atom. The number of carbonyl (C=O) groups is 2. The van der Waals surface area contributed by atoms with Gasteiger partial charge < -0.3 is 19.5 Å². The second-order valence-corrected chi connectivity index (χ2v) is 6.28. The van der Waals surface area contributed by atoms with Crippen molar-refractivity contribution in [1.29, 1.82) is 0 Å². The average molecular weight is 396 g/mol. The van der Waals surface area contributed by atoms with Gasteiger partial charge in [0.05, 0.1) is 21.3 Å². The number of rotatable bonds is 4. The van der Waals surface area contributed by atoms with Gasteiger partial charge in [-0.05, 0) is 37.3 Å². The third-order valence-electron chi connectivity index (χ3n) is 3.64. The number of nitrogens with one attached hydrogen (secondary N) is 1. The second kappa shape index (κ2) is 7.85. The number of benzene rings is 2. The molecule has 1 aliphatic rings. The maximum Gasteiger partial charge on any atom is 0.339 e. The SMILES string of the molecule is CC(OC(=O)c1ccc2c(c1)OCCO2)C(=O)Nc1cccc(Cl)c1Cl. The molecule has 3 rings (SSSR count). The number of hydrogen-bond acceptors (Lipinski definition) is 5. The Kier molecular flexibility index (Phi) is 5.54. The van der Waals surface area contributed by atoms with E-state index in [2.05, 4.69) is 5.32 Å². The lowest BCUT2D eigenvalue weighted by atomic mass is 10.2. The van der Waals surface area contributed by atoms with Crippen LogP contribution in [0.5, 0.6) is 11.5 Å². The topological polar surface area (TPSA) is 73.9 Å². The Morgan fingerprint density at radius 2 is 1.85 bits per heavy atom. The van der Waals surface area contributed by atoms with Crippen LogP contribution in [0.1, 0.15) is 17.3 Å². The summed E-state index contributed by atoms with van der Waals surface area (Å²) < 4.78 is 16.0. The van der Waals surface area contributed by atoms with E-state index in [0.29, 0.717) is 35.4 Å². The van der Waals surface area contributed by atoms with Crippen LogP contribution in [0.15, 0.2) is 36.4 Å². The van der Waals surface area contributed by atoms with Crippen molar-refractivity contribution in [2.45, 2.75) is 13.0 Å². The van der Waals surface area contributed by atoms with Crippen LogP contribution in [0, 0.1) is 0 Å². The van der Waals surface area contributed by atoms with Crippen LogP contribution in [0.3, 0.4) is 0 Å². The number of amides is 1. The number of halogens is 2. The van der Waals surface area contributed by atoms with E-state index in [0.717, 1.165) is 0 Å². The molecular formula is C18H15Cl2NO5. The Labute approximate surface area is 159 Å². The number of carbonyl (C=O) groups excluding carboxylic acids is 2. The molecule has 1 atom stereocenters. The first kappa shape index (κ1) is 18.4. The fourth-order valence-corrected chi connectivity index (χ4v) is 2.63. The first-order valence-electron chi connectivity index (χ1n) is 7.81. The Hall–Kier alpha value is -2.44. The molecule has 0 aromatic heterocycles. The molecule has 136 valence electrons. The number of esters is 1. The van der Waals surface area contributed by atoms with E-state index in [9.17, 15) is 9.59 Å². The minimum Gasteiger partial charge on any atom is -0.486 e. The highest BCUT2D eigenvalue weighted by molar-refractivity contribution is 6.44. The quantitative estimate of drug-likeness (QED) is 0.793. The van der Waals surface area contributed by atoms with E-state index in [1.54, 1.807) is 30.3 Å². The minimum absolute atomic E-state index is 0.216. The van der Waals surface area contributed by atoms with Crippen LogP contribution in [0.25, 0.3) is 0 Å². The molecule has 0 spiro atoms. The lowest BCUT2D eigenvalue weighted by Crippen LogP contribution is -2.30. The molecule has 1 heterocycles. The van der Waals surface area contributed by atoms with Crippen molar-refractivity contribution in [2.75, 3.05) is 18.5 Å². The van der Waals surface area contributed by atoms with Gasteiger partial charge in [-0.3, -0.25) is 4.79 Å². The van der Waals surface area contributed by atoms with Gasteiger partial charge >= 0.3 is 5.97 Å². The van der Waals surface area contributed by atoms with Crippen molar-refractivity contribution in [2.24, 2.45) is 0 Å². The van der Waals surface area contributed by atoms with Gasteiger partial charge in [0.25, 0.3) is 5.91 Å². The van der Waals surface area contributed by atoms with Crippen molar-refractivity contribution in [3.05, 3.63) is 52.0 Å². The van der Waals surface area contributed by atoms with Crippen molar-refractivity contribution in [3.63, 3.8) is 0 Å². The lowest BCUT2D eigenvalue weighted by Gasteiger charge is -2.19. The molecular weight excluding hydrogens is 381 g/mol. The zero-order valence-electron chi connectivity index (χ0n) is 13.8. The highest BCUT2D eigenvalue weighted by atomic mass is 35.5. The van der Waals surface area contributed by atoms with Gasteiger partial charge in [0.15, 0.2) is 17.6 Å². The molecule has 1 N–H and O–H groups in total. The van der Waals surface area contributed by atoms with E-state index in [1.165, 1.54) is 13.0 Å². The van der Waals surface area contributed by atoms with Crippen molar-refractivity contribution >= 4 is 40.8 Å². The third kappa shape index (κ3) is 4.03. The second-order valence-electron chi connectivity index (χ2n) is 5.50. The fourth-order valence-electron chi connectivity index (χ4n) is 2.29. The van der Waals surface area contributed by atoms with Gasteiger partial charge in [-0.2, -0.15) is 0 Å². The molecule has 0 saturated heterocycles. The molecule has 0 aliphatic carbocycles. The smallest absolute Gasteiger partial charge is 0.339 e. The molecule has 1 unspecified atom stereocenters. The van der Waals surface area contributed by atoms with Gasteiger partial charge in [0.2, 0.25) is 0 Å². The van der Waals surface area contributed by atoms with Crippen LogP contribution in [-0.2, 0) is 9.53 Å². The van der Waals surface area contributed by atoms with E-state index >= 15 is 0 Å². The zero-order chi connectivity index (χ0) is 18.7. The molecule has 0 fully saturated rings. The highest BCUT2D eigenvalue weighted by Gasteiger charge is 2.22. The van der Waals surface area contributed by atoms with Crippen molar-refractivity contribution in [3.8, 4) is 11.5 Å². The summed E-state index contributed by atoms with van der Waals surface area (Å²) in [5, 5.41) is 3.11. The van der Waals surface area contributed by atoms with E-state index in [-0.39, 0.29) is 10.6 Å². The zero-order valence-corrected chi connectivity index (χ0v) is 15.3. The van der Waals surface area contributed by atoms with Gasteiger partial charge in [-0.1, -0.05) is 29.3 Å². The molecule has 2 aromatic rings. The predicted molar refractivity (Wildman–Crippen MR) is 97.4 cm³/mol. The molecule has 1 amide bonds. The minimum atomic E-state index is -1.04. The molecule has 26 heavy (non-hydrogen) atoms. The van der Waals surface area contributed by atoms with Gasteiger partial charge in [-0.25, -0.2) is 4.79 Å². The van der Waals surface area contributed by atoms with E-state index in [1.807, 2.05) is 0 Å². The van der Waals surface area contributed by atoms with Gasteiger partial charge in [0.1, 0.15) is 13.2 Å². The molecule has 2 aromatic carbocycles. The van der Waals surface area contributed by atoms with Crippen LogP contribution in [0.2, 0.25) is 10.0 Å². The summed E-state index contributed by atoms with van der Waals surface area (Å²) in [4.78, 5) is 24.5. The Morgan fingerprint density at radius 1 is 1.12 bits per heavy atom. The molecule has 6 nitrogen and oxygen atoms in total. The Balaban J connectivity index is 1.65. The van der Waals surface area contributed by atoms with Gasteiger partial charge in [0, 0.05) is 0 Å². The monoisotopic (exact) mass is 395 g/mol. The summed E-state index contributed by atoms with van der Waals surface area (Å²) >= 11 is 11.9. The van der Waals surface area contributed by atoms with Crippen LogP contribution >= 0.6 is 23.2 Å². The normalized spacial score (nSPS) is 13.7. The summed E-state index contributed by atoms with van der Waals surface area (Å²) in [6, 6.07) is 9.55. The fraction of sp³-hybridized carbons (Fsp3) is 0.222. The summed E-state index contributed by atoms with van der Waals surface area (Å²) in [6.07, 6.45) is -1.04. The van der Waals surface area contributed by atoms with Crippen LogP contribution in [-0.4, -0.2) is 31.2 Å². The first-order chi connectivity index (χ1) is 12.5. The summed E-state index contributed by atoms with van der Waals surface area (Å²) in [6.45, 7) is 2.33. The molecule has 1 aliphatic heterocycles. The predicted octanol–water partition coefficient (Wildman–Crippen LogP) is 3.95. The van der Waals surface area contributed by atoms with Crippen molar-refractivity contribution < 1.29 is 23.8 Å². The molecule has 0 bridgehead atoms. The summed E-state index contributed by atoms with van der Waals surface area (Å²) in [7, 11) is 0. The first-order valence-corrected chi connectivity index (χ1v) is 8.57. The largest absolute Gasteiger partial charge is 0.486 e. The maximum absolute atomic E-state index is 12.3. The molecule has 0 radical (unpaired) electrons. The lowest BCUT2D eigenvalue weighted by molar-refractivity contribution is -0.123. The Bertz CT molecular complexity index is 855. The van der Waals surface area contributed by atoms with E-state index in [4.69, 9.17) is 37.4 Å². The van der Waals surface area contributed by atoms with Crippen LogP contribution in [0.4, 0.5) is 5.69 Å². The molecule has 0 saturated carbocycles. The number of anilines is 1. The standard InChI is InChI=1S/C18H15Cl2NO5/c1-10(17(22)21-13-4-2-3-12(19)16(13)20)26-18(23)11-5-6-14-15(9-11)25-8-7-24-14/h2-6,9-10H,7-8H2,1H3,(H,21,22). The van der Waals surface area contributed by atoms with E-state index < -0.39 is 18.0 Å². The van der Waals surface area contributed by atoms with Gasteiger partial charge in [-0.15, -0.1) is 0 Å². The maximum atomic E-state index is 12.3. The molecule has 8 heteroatoms. The number of ether oxygens (including phenoxy) is 3. The summed E-state index contributed by atoms with van der Waals surface area (Å²) in [5.74, 6) is -0.149. The summed E-state index contributed by atoms with van der Waals surface area (Å²) in [5.41, 5.74) is 0.598. The number of hydrogen-bond donors (Lipinski definition) is 1.